The van der Waals surface area contributed by atoms with E-state index in [4.69, 9.17) is 20.8 Å². The number of fused-ring (bicyclic) bond motifs is 1. The highest BCUT2D eigenvalue weighted by molar-refractivity contribution is 6.30. The second-order valence-corrected chi connectivity index (χ2v) is 9.17. The highest BCUT2D eigenvalue weighted by Gasteiger charge is 2.17. The van der Waals surface area contributed by atoms with E-state index >= 15 is 0 Å². The average molecular weight is 449 g/mol. The summed E-state index contributed by atoms with van der Waals surface area (Å²) in [5.41, 5.74) is 4.18. The molecular formula is C26H25ClN2O3. The Morgan fingerprint density at radius 2 is 1.72 bits per heavy atom. The highest BCUT2D eigenvalue weighted by atomic mass is 35.5. The average Bonchev–Trinajstić information content (AvgIpc) is 3.18. The first-order chi connectivity index (χ1) is 15.2. The Bertz CT molecular complexity index is 1240. The van der Waals surface area contributed by atoms with Crippen molar-refractivity contribution >= 4 is 34.3 Å². The summed E-state index contributed by atoms with van der Waals surface area (Å²) in [6.45, 7) is 8.23. The highest BCUT2D eigenvalue weighted by Crippen LogP contribution is 2.29. The third-order valence-corrected chi connectivity index (χ3v) is 5.40. The molecule has 6 heteroatoms. The Kier molecular flexibility index (Phi) is 5.94. The van der Waals surface area contributed by atoms with Crippen molar-refractivity contribution in [1.29, 1.82) is 0 Å². The van der Waals surface area contributed by atoms with E-state index in [9.17, 15) is 4.79 Å². The first-order valence-electron chi connectivity index (χ1n) is 10.4. The molecule has 0 aliphatic heterocycles. The van der Waals surface area contributed by atoms with E-state index in [0.717, 1.165) is 11.1 Å². The van der Waals surface area contributed by atoms with Crippen LogP contribution in [0.4, 0.5) is 5.69 Å². The molecule has 0 saturated carbocycles. The number of anilines is 1. The Labute approximate surface area is 192 Å². The van der Waals surface area contributed by atoms with Gasteiger partial charge in [0.25, 0.3) is 5.91 Å². The normalized spacial score (nSPS) is 12.5. The topological polar surface area (TPSA) is 64.4 Å². The van der Waals surface area contributed by atoms with Crippen LogP contribution in [0.3, 0.4) is 0 Å². The molecule has 4 rings (SSSR count). The van der Waals surface area contributed by atoms with Gasteiger partial charge in [0.2, 0.25) is 5.89 Å². The maximum atomic E-state index is 12.6. The molecule has 0 bridgehead atoms. The summed E-state index contributed by atoms with van der Waals surface area (Å²) in [6, 6.07) is 20.5. The molecule has 5 nitrogen and oxygen atoms in total. The van der Waals surface area contributed by atoms with E-state index in [0.29, 0.717) is 27.9 Å². The number of rotatable bonds is 5. The maximum Gasteiger partial charge on any atom is 0.265 e. The number of nitrogens with one attached hydrogen (secondary N) is 1. The Morgan fingerprint density at radius 1 is 1.03 bits per heavy atom. The number of aromatic nitrogens is 1. The van der Waals surface area contributed by atoms with E-state index in [2.05, 4.69) is 43.2 Å². The van der Waals surface area contributed by atoms with Gasteiger partial charge < -0.3 is 14.5 Å². The maximum absolute atomic E-state index is 12.6. The van der Waals surface area contributed by atoms with Crippen LogP contribution in [-0.2, 0) is 10.2 Å². The van der Waals surface area contributed by atoms with Gasteiger partial charge in [0.05, 0.1) is 0 Å². The van der Waals surface area contributed by atoms with E-state index < -0.39 is 6.10 Å². The lowest BCUT2D eigenvalue weighted by Crippen LogP contribution is -2.30. The lowest BCUT2D eigenvalue weighted by Gasteiger charge is -2.18. The molecule has 1 aromatic heterocycles. The summed E-state index contributed by atoms with van der Waals surface area (Å²) in [5.74, 6) is 0.852. The molecule has 0 aliphatic carbocycles. The summed E-state index contributed by atoms with van der Waals surface area (Å²) in [6.07, 6.45) is -0.682. The van der Waals surface area contributed by atoms with Crippen molar-refractivity contribution < 1.29 is 13.9 Å². The molecule has 32 heavy (non-hydrogen) atoms. The molecule has 0 aliphatic rings. The second kappa shape index (κ2) is 8.67. The van der Waals surface area contributed by atoms with Crippen molar-refractivity contribution in [1.82, 2.24) is 4.98 Å². The first kappa shape index (κ1) is 21.9. The number of ether oxygens (including phenoxy) is 1. The van der Waals surface area contributed by atoms with E-state index in [1.165, 1.54) is 5.56 Å². The van der Waals surface area contributed by atoms with Gasteiger partial charge in [-0.1, -0.05) is 44.5 Å². The third-order valence-electron chi connectivity index (χ3n) is 5.15. The van der Waals surface area contributed by atoms with E-state index in [1.807, 2.05) is 18.2 Å². The van der Waals surface area contributed by atoms with Gasteiger partial charge in [-0.05, 0) is 66.4 Å². The molecular weight excluding hydrogens is 424 g/mol. The minimum atomic E-state index is -0.682. The minimum Gasteiger partial charge on any atom is -0.481 e. The molecule has 0 fully saturated rings. The van der Waals surface area contributed by atoms with E-state index in [1.54, 1.807) is 43.3 Å². The number of amides is 1. The van der Waals surface area contributed by atoms with Crippen LogP contribution in [0.2, 0.25) is 5.02 Å². The van der Waals surface area contributed by atoms with Crippen molar-refractivity contribution in [2.45, 2.75) is 39.2 Å². The van der Waals surface area contributed by atoms with Gasteiger partial charge in [0.1, 0.15) is 11.3 Å². The zero-order chi connectivity index (χ0) is 22.9. The van der Waals surface area contributed by atoms with Gasteiger partial charge in [0, 0.05) is 22.3 Å². The van der Waals surface area contributed by atoms with Crippen LogP contribution in [0.15, 0.2) is 71.1 Å². The van der Waals surface area contributed by atoms with Crippen LogP contribution in [-0.4, -0.2) is 17.0 Å². The number of hydrogen-bond donors (Lipinski definition) is 1. The quantitative estimate of drug-likeness (QED) is 0.362. The molecule has 1 N–H and O–H groups in total. The molecule has 0 radical (unpaired) electrons. The SMILES string of the molecule is CC(Oc1ccc(Cl)cc1)C(=O)Nc1ccc2nc(-c3ccc(C(C)(C)C)cc3)oc2c1. The number of hydrogen-bond acceptors (Lipinski definition) is 4. The fourth-order valence-electron chi connectivity index (χ4n) is 3.25. The smallest absolute Gasteiger partial charge is 0.265 e. The van der Waals surface area contributed by atoms with E-state index in [-0.39, 0.29) is 11.3 Å². The van der Waals surface area contributed by atoms with Crippen molar-refractivity contribution in [2.24, 2.45) is 0 Å². The largest absolute Gasteiger partial charge is 0.481 e. The van der Waals surface area contributed by atoms with Crippen molar-refractivity contribution in [3.8, 4) is 17.2 Å². The van der Waals surface area contributed by atoms with Gasteiger partial charge in [-0.3, -0.25) is 4.79 Å². The Hall–Kier alpha value is -3.31. The zero-order valence-corrected chi connectivity index (χ0v) is 19.2. The van der Waals surface area contributed by atoms with Crippen molar-refractivity contribution in [3.63, 3.8) is 0 Å². The number of benzene rings is 3. The predicted molar refractivity (Wildman–Crippen MR) is 128 cm³/mol. The summed E-state index contributed by atoms with van der Waals surface area (Å²) < 4.78 is 11.6. The number of nitrogens with zero attached hydrogens (tertiary/aromatic N) is 1. The molecule has 0 spiro atoms. The van der Waals surface area contributed by atoms with Crippen LogP contribution in [0.1, 0.15) is 33.3 Å². The van der Waals surface area contributed by atoms with Gasteiger partial charge in [-0.15, -0.1) is 0 Å². The minimum absolute atomic E-state index is 0.0847. The second-order valence-electron chi connectivity index (χ2n) is 8.73. The predicted octanol–water partition coefficient (Wildman–Crippen LogP) is 6.85. The number of oxazole rings is 1. The van der Waals surface area contributed by atoms with Crippen molar-refractivity contribution in [2.75, 3.05) is 5.32 Å². The number of halogens is 1. The summed E-state index contributed by atoms with van der Waals surface area (Å²) in [7, 11) is 0. The van der Waals surface area contributed by atoms with Crippen LogP contribution in [0, 0.1) is 0 Å². The van der Waals surface area contributed by atoms with Crippen LogP contribution in [0.25, 0.3) is 22.6 Å². The molecule has 1 heterocycles. The standard InChI is InChI=1S/C26H25ClN2O3/c1-16(31-21-12-9-19(27)10-13-21)24(30)28-20-11-14-22-23(15-20)32-25(29-22)17-5-7-18(8-6-17)26(2,3)4/h5-16H,1-4H3,(H,28,30). The van der Waals surface area contributed by atoms with Crippen LogP contribution in [0.5, 0.6) is 5.75 Å². The summed E-state index contributed by atoms with van der Waals surface area (Å²) >= 11 is 5.88. The van der Waals surface area contributed by atoms with Gasteiger partial charge >= 0.3 is 0 Å². The zero-order valence-electron chi connectivity index (χ0n) is 18.5. The summed E-state index contributed by atoms with van der Waals surface area (Å²) in [4.78, 5) is 17.1. The third kappa shape index (κ3) is 4.94. The summed E-state index contributed by atoms with van der Waals surface area (Å²) in [5, 5.41) is 3.47. The lowest BCUT2D eigenvalue weighted by atomic mass is 9.87. The van der Waals surface area contributed by atoms with Gasteiger partial charge in [-0.2, -0.15) is 0 Å². The van der Waals surface area contributed by atoms with Crippen molar-refractivity contribution in [3.05, 3.63) is 77.3 Å². The van der Waals surface area contributed by atoms with Crippen LogP contribution >= 0.6 is 11.6 Å². The number of carbonyl (C=O) groups is 1. The number of carbonyl (C=O) groups excluding carboxylic acids is 1. The Morgan fingerprint density at radius 3 is 2.38 bits per heavy atom. The molecule has 3 aromatic carbocycles. The molecule has 0 saturated heterocycles. The Balaban J connectivity index is 1.47. The molecule has 164 valence electrons. The monoisotopic (exact) mass is 448 g/mol. The van der Waals surface area contributed by atoms with Gasteiger partial charge in [0.15, 0.2) is 11.7 Å². The molecule has 1 unspecified atom stereocenters. The fraction of sp³-hybridized carbons (Fsp3) is 0.231. The molecule has 1 amide bonds. The molecule has 1 atom stereocenters. The molecule has 4 aromatic rings. The lowest BCUT2D eigenvalue weighted by molar-refractivity contribution is -0.122. The first-order valence-corrected chi connectivity index (χ1v) is 10.8. The van der Waals surface area contributed by atoms with Crippen LogP contribution < -0.4 is 10.1 Å². The fourth-order valence-corrected chi connectivity index (χ4v) is 3.38. The van der Waals surface area contributed by atoms with Gasteiger partial charge in [-0.25, -0.2) is 4.98 Å².